The lowest BCUT2D eigenvalue weighted by atomic mass is 10.1. The molecule has 0 amide bonds. The molecule has 1 heterocycles. The average molecular weight is 230 g/mol. The molecule has 2 aromatic rings. The van der Waals surface area contributed by atoms with Gasteiger partial charge in [-0.3, -0.25) is 4.68 Å². The molecule has 1 unspecified atom stereocenters. The van der Waals surface area contributed by atoms with Gasteiger partial charge in [-0.2, -0.15) is 5.10 Å². The highest BCUT2D eigenvalue weighted by atomic mass is 15.3. The van der Waals surface area contributed by atoms with Gasteiger partial charge in [0.25, 0.3) is 0 Å². The molecule has 0 aliphatic carbocycles. The van der Waals surface area contributed by atoms with E-state index in [1.807, 2.05) is 36.9 Å². The predicted octanol–water partition coefficient (Wildman–Crippen LogP) is 1.68. The molecular formula is C13H18N4. The Kier molecular flexibility index (Phi) is 3.24. The summed E-state index contributed by atoms with van der Waals surface area (Å²) in [7, 11) is 1.91. The van der Waals surface area contributed by atoms with Gasteiger partial charge in [-0.1, -0.05) is 24.3 Å². The molecule has 2 rings (SSSR count). The van der Waals surface area contributed by atoms with Gasteiger partial charge in [0.2, 0.25) is 0 Å². The lowest BCUT2D eigenvalue weighted by Crippen LogP contribution is -2.20. The monoisotopic (exact) mass is 230 g/mol. The van der Waals surface area contributed by atoms with Crippen molar-refractivity contribution in [1.82, 2.24) is 14.8 Å². The molecule has 0 radical (unpaired) electrons. The summed E-state index contributed by atoms with van der Waals surface area (Å²) in [6, 6.07) is 8.23. The van der Waals surface area contributed by atoms with E-state index in [1.165, 1.54) is 5.56 Å². The number of nitrogens with zero attached hydrogens (tertiary/aromatic N) is 3. The van der Waals surface area contributed by atoms with Gasteiger partial charge in [-0.25, -0.2) is 4.98 Å². The third kappa shape index (κ3) is 2.53. The van der Waals surface area contributed by atoms with Crippen molar-refractivity contribution in [1.29, 1.82) is 0 Å². The molecule has 1 atom stereocenters. The zero-order chi connectivity index (χ0) is 12.4. The van der Waals surface area contributed by atoms with Crippen molar-refractivity contribution in [3.63, 3.8) is 0 Å². The van der Waals surface area contributed by atoms with Crippen molar-refractivity contribution in [2.75, 3.05) is 0 Å². The van der Waals surface area contributed by atoms with Gasteiger partial charge in [0.15, 0.2) is 5.82 Å². The maximum Gasteiger partial charge on any atom is 0.181 e. The SMILES string of the molecule is Cc1ccccc1-c1nc(CC(C)N)n(C)n1. The number of rotatable bonds is 3. The molecule has 0 saturated carbocycles. The van der Waals surface area contributed by atoms with Gasteiger partial charge >= 0.3 is 0 Å². The fourth-order valence-corrected chi connectivity index (χ4v) is 1.82. The lowest BCUT2D eigenvalue weighted by molar-refractivity contribution is 0.639. The van der Waals surface area contributed by atoms with Crippen LogP contribution in [0.5, 0.6) is 0 Å². The minimum atomic E-state index is 0.0996. The number of nitrogens with two attached hydrogens (primary N) is 1. The fourth-order valence-electron chi connectivity index (χ4n) is 1.82. The van der Waals surface area contributed by atoms with Gasteiger partial charge in [0.05, 0.1) is 0 Å². The third-order valence-electron chi connectivity index (χ3n) is 2.74. The predicted molar refractivity (Wildman–Crippen MR) is 68.5 cm³/mol. The number of aryl methyl sites for hydroxylation is 2. The molecule has 0 spiro atoms. The van der Waals surface area contributed by atoms with E-state index in [1.54, 1.807) is 0 Å². The van der Waals surface area contributed by atoms with Gasteiger partial charge in [0, 0.05) is 25.1 Å². The topological polar surface area (TPSA) is 56.7 Å². The molecule has 4 nitrogen and oxygen atoms in total. The molecular weight excluding hydrogens is 212 g/mol. The van der Waals surface area contributed by atoms with Crippen LogP contribution >= 0.6 is 0 Å². The maximum absolute atomic E-state index is 5.79. The molecule has 90 valence electrons. The van der Waals surface area contributed by atoms with E-state index in [2.05, 4.69) is 23.1 Å². The second-order valence-electron chi connectivity index (χ2n) is 4.47. The van der Waals surface area contributed by atoms with Crippen molar-refractivity contribution in [2.45, 2.75) is 26.3 Å². The van der Waals surface area contributed by atoms with Crippen LogP contribution in [-0.4, -0.2) is 20.8 Å². The average Bonchev–Trinajstić information content (AvgIpc) is 2.60. The first kappa shape index (κ1) is 11.8. The first-order valence-electron chi connectivity index (χ1n) is 5.79. The van der Waals surface area contributed by atoms with Crippen LogP contribution in [-0.2, 0) is 13.5 Å². The maximum atomic E-state index is 5.79. The number of hydrogen-bond donors (Lipinski definition) is 1. The van der Waals surface area contributed by atoms with Crippen molar-refractivity contribution in [2.24, 2.45) is 12.8 Å². The molecule has 17 heavy (non-hydrogen) atoms. The molecule has 1 aromatic heterocycles. The Morgan fingerprint density at radius 2 is 2.06 bits per heavy atom. The Hall–Kier alpha value is -1.68. The molecule has 0 aliphatic rings. The largest absolute Gasteiger partial charge is 0.328 e. The molecule has 0 aliphatic heterocycles. The Balaban J connectivity index is 2.38. The van der Waals surface area contributed by atoms with Crippen LogP contribution in [0.1, 0.15) is 18.3 Å². The number of benzene rings is 1. The van der Waals surface area contributed by atoms with Crippen LogP contribution in [0.3, 0.4) is 0 Å². The molecule has 4 heteroatoms. The minimum Gasteiger partial charge on any atom is -0.328 e. The van der Waals surface area contributed by atoms with Crippen LogP contribution in [0, 0.1) is 6.92 Å². The number of aromatic nitrogens is 3. The molecule has 0 bridgehead atoms. The Bertz CT molecular complexity index is 514. The summed E-state index contributed by atoms with van der Waals surface area (Å²) in [4.78, 5) is 4.55. The first-order valence-corrected chi connectivity index (χ1v) is 5.79. The van der Waals surface area contributed by atoms with Gasteiger partial charge in [-0.15, -0.1) is 0 Å². The van der Waals surface area contributed by atoms with E-state index in [-0.39, 0.29) is 6.04 Å². The van der Waals surface area contributed by atoms with Gasteiger partial charge in [-0.05, 0) is 19.4 Å². The Morgan fingerprint density at radius 3 is 2.71 bits per heavy atom. The fraction of sp³-hybridized carbons (Fsp3) is 0.385. The molecule has 0 fully saturated rings. The van der Waals surface area contributed by atoms with Crippen LogP contribution in [0.25, 0.3) is 11.4 Å². The summed E-state index contributed by atoms with van der Waals surface area (Å²) in [6.45, 7) is 4.04. The normalized spacial score (nSPS) is 12.7. The van der Waals surface area contributed by atoms with Crippen LogP contribution < -0.4 is 5.73 Å². The lowest BCUT2D eigenvalue weighted by Gasteiger charge is -2.02. The zero-order valence-electron chi connectivity index (χ0n) is 10.5. The van der Waals surface area contributed by atoms with Crippen LogP contribution in [0.4, 0.5) is 0 Å². The molecule has 0 saturated heterocycles. The second kappa shape index (κ2) is 4.67. The number of hydrogen-bond acceptors (Lipinski definition) is 3. The van der Waals surface area contributed by atoms with E-state index in [4.69, 9.17) is 5.73 Å². The van der Waals surface area contributed by atoms with Crippen molar-refractivity contribution < 1.29 is 0 Å². The zero-order valence-corrected chi connectivity index (χ0v) is 10.5. The highest BCUT2D eigenvalue weighted by Crippen LogP contribution is 2.19. The summed E-state index contributed by atoms with van der Waals surface area (Å²) in [5, 5.41) is 4.44. The van der Waals surface area contributed by atoms with E-state index >= 15 is 0 Å². The quantitative estimate of drug-likeness (QED) is 0.872. The smallest absolute Gasteiger partial charge is 0.181 e. The Labute approximate surface area is 101 Å². The highest BCUT2D eigenvalue weighted by Gasteiger charge is 2.11. The molecule has 2 N–H and O–H groups in total. The van der Waals surface area contributed by atoms with Gasteiger partial charge < -0.3 is 5.73 Å². The Morgan fingerprint density at radius 1 is 1.35 bits per heavy atom. The highest BCUT2D eigenvalue weighted by molar-refractivity contribution is 5.59. The van der Waals surface area contributed by atoms with Crippen LogP contribution in [0.2, 0.25) is 0 Å². The second-order valence-corrected chi connectivity index (χ2v) is 4.47. The van der Waals surface area contributed by atoms with Crippen molar-refractivity contribution in [3.05, 3.63) is 35.7 Å². The van der Waals surface area contributed by atoms with E-state index in [0.717, 1.165) is 23.6 Å². The molecule has 1 aromatic carbocycles. The van der Waals surface area contributed by atoms with Crippen molar-refractivity contribution >= 4 is 0 Å². The summed E-state index contributed by atoms with van der Waals surface area (Å²) >= 11 is 0. The van der Waals surface area contributed by atoms with Crippen LogP contribution in [0.15, 0.2) is 24.3 Å². The van der Waals surface area contributed by atoms with E-state index in [0.29, 0.717) is 0 Å². The standard InChI is InChI=1S/C13H18N4/c1-9-6-4-5-7-11(9)13-15-12(8-10(2)14)17(3)16-13/h4-7,10H,8,14H2,1-3H3. The van der Waals surface area contributed by atoms with Gasteiger partial charge in [0.1, 0.15) is 5.82 Å². The van der Waals surface area contributed by atoms with E-state index in [9.17, 15) is 0 Å². The summed E-state index contributed by atoms with van der Waals surface area (Å²) in [6.07, 6.45) is 0.745. The summed E-state index contributed by atoms with van der Waals surface area (Å²) in [5.74, 6) is 1.71. The summed E-state index contributed by atoms with van der Waals surface area (Å²) in [5.41, 5.74) is 8.06. The minimum absolute atomic E-state index is 0.0996. The van der Waals surface area contributed by atoms with Crippen molar-refractivity contribution in [3.8, 4) is 11.4 Å². The first-order chi connectivity index (χ1) is 8.08. The third-order valence-corrected chi connectivity index (χ3v) is 2.74. The summed E-state index contributed by atoms with van der Waals surface area (Å²) < 4.78 is 1.81. The van der Waals surface area contributed by atoms with E-state index < -0.39 is 0 Å².